The molecule has 1 aromatic rings. The monoisotopic (exact) mass is 245 g/mol. The van der Waals surface area contributed by atoms with E-state index in [1.165, 1.54) is 12.1 Å². The predicted octanol–water partition coefficient (Wildman–Crippen LogP) is 4.16. The summed E-state index contributed by atoms with van der Waals surface area (Å²) in [4.78, 5) is 0. The van der Waals surface area contributed by atoms with Crippen molar-refractivity contribution in [1.82, 2.24) is 5.32 Å². The van der Waals surface area contributed by atoms with Gasteiger partial charge in [-0.1, -0.05) is 26.0 Å². The second-order valence-corrected chi connectivity index (χ2v) is 4.04. The minimum Gasteiger partial charge on any atom is -0.310 e. The van der Waals surface area contributed by atoms with Gasteiger partial charge in [0.2, 0.25) is 0 Å². The molecular formula is C13H18F3N. The normalized spacial score (nSPS) is 13.7. The average molecular weight is 245 g/mol. The molecule has 0 bridgehead atoms. The largest absolute Gasteiger partial charge is 0.416 e. The Hall–Kier alpha value is -1.03. The fourth-order valence-corrected chi connectivity index (χ4v) is 1.75. The molecule has 1 atom stereocenters. The van der Waals surface area contributed by atoms with Crippen LogP contribution in [0.3, 0.4) is 0 Å². The summed E-state index contributed by atoms with van der Waals surface area (Å²) >= 11 is 0. The van der Waals surface area contributed by atoms with Crippen molar-refractivity contribution in [2.24, 2.45) is 0 Å². The van der Waals surface area contributed by atoms with E-state index in [9.17, 15) is 13.2 Å². The highest BCUT2D eigenvalue weighted by Gasteiger charge is 2.30. The molecule has 1 rings (SSSR count). The molecule has 0 aliphatic carbocycles. The predicted molar refractivity (Wildman–Crippen MR) is 62.8 cm³/mol. The maximum atomic E-state index is 12.6. The van der Waals surface area contributed by atoms with E-state index in [1.54, 1.807) is 6.07 Å². The molecule has 1 N–H and O–H groups in total. The van der Waals surface area contributed by atoms with Crippen LogP contribution >= 0.6 is 0 Å². The second-order valence-electron chi connectivity index (χ2n) is 4.04. The summed E-state index contributed by atoms with van der Waals surface area (Å²) in [7, 11) is 0. The molecule has 1 aromatic carbocycles. The highest BCUT2D eigenvalue weighted by atomic mass is 19.4. The number of hydrogen-bond donors (Lipinski definition) is 1. The van der Waals surface area contributed by atoms with Crippen LogP contribution in [0.2, 0.25) is 0 Å². The molecule has 0 radical (unpaired) electrons. The molecule has 0 aliphatic rings. The maximum Gasteiger partial charge on any atom is 0.416 e. The molecule has 17 heavy (non-hydrogen) atoms. The first kappa shape index (κ1) is 14.0. The molecule has 0 heterocycles. The fraction of sp³-hybridized carbons (Fsp3) is 0.538. The lowest BCUT2D eigenvalue weighted by molar-refractivity contribution is -0.137. The molecule has 96 valence electrons. The van der Waals surface area contributed by atoms with Gasteiger partial charge < -0.3 is 5.32 Å². The van der Waals surface area contributed by atoms with E-state index in [1.807, 2.05) is 13.8 Å². The quantitative estimate of drug-likeness (QED) is 0.821. The van der Waals surface area contributed by atoms with E-state index >= 15 is 0 Å². The lowest BCUT2D eigenvalue weighted by Gasteiger charge is -2.18. The van der Waals surface area contributed by atoms with Crippen LogP contribution in [-0.2, 0) is 6.18 Å². The van der Waals surface area contributed by atoms with E-state index in [-0.39, 0.29) is 6.04 Å². The van der Waals surface area contributed by atoms with Crippen LogP contribution in [0, 0.1) is 0 Å². The third-order valence-corrected chi connectivity index (χ3v) is 2.67. The Bertz CT molecular complexity index is 347. The van der Waals surface area contributed by atoms with Crippen molar-refractivity contribution in [3.8, 4) is 0 Å². The SMILES string of the molecule is CCCNC(CC)c1cccc(C(F)(F)F)c1. The van der Waals surface area contributed by atoms with E-state index in [2.05, 4.69) is 5.32 Å². The first-order chi connectivity index (χ1) is 7.99. The van der Waals surface area contributed by atoms with Crippen LogP contribution in [0.4, 0.5) is 13.2 Å². The van der Waals surface area contributed by atoms with Gasteiger partial charge in [-0.3, -0.25) is 0 Å². The van der Waals surface area contributed by atoms with Crippen LogP contribution < -0.4 is 5.32 Å². The van der Waals surface area contributed by atoms with Crippen LogP contribution in [0.5, 0.6) is 0 Å². The van der Waals surface area contributed by atoms with Crippen LogP contribution in [0.1, 0.15) is 43.9 Å². The van der Waals surface area contributed by atoms with Crippen molar-refractivity contribution in [3.05, 3.63) is 35.4 Å². The van der Waals surface area contributed by atoms with Crippen LogP contribution in [-0.4, -0.2) is 6.54 Å². The van der Waals surface area contributed by atoms with Crippen LogP contribution in [0.15, 0.2) is 24.3 Å². The van der Waals surface area contributed by atoms with Crippen molar-refractivity contribution in [2.75, 3.05) is 6.54 Å². The van der Waals surface area contributed by atoms with Crippen molar-refractivity contribution < 1.29 is 13.2 Å². The molecule has 0 saturated heterocycles. The molecule has 1 nitrogen and oxygen atoms in total. The Morgan fingerprint density at radius 3 is 2.47 bits per heavy atom. The van der Waals surface area contributed by atoms with Crippen molar-refractivity contribution >= 4 is 0 Å². The molecule has 0 aromatic heterocycles. The van der Waals surface area contributed by atoms with Gasteiger partial charge in [-0.15, -0.1) is 0 Å². The smallest absolute Gasteiger partial charge is 0.310 e. The number of rotatable bonds is 5. The lowest BCUT2D eigenvalue weighted by Crippen LogP contribution is -2.21. The van der Waals surface area contributed by atoms with Gasteiger partial charge in [0.15, 0.2) is 0 Å². The summed E-state index contributed by atoms with van der Waals surface area (Å²) in [5.74, 6) is 0. The molecular weight excluding hydrogens is 227 g/mol. The van der Waals surface area contributed by atoms with Gasteiger partial charge in [-0.05, 0) is 37.1 Å². The van der Waals surface area contributed by atoms with Crippen LogP contribution in [0.25, 0.3) is 0 Å². The van der Waals surface area contributed by atoms with Gasteiger partial charge >= 0.3 is 6.18 Å². The van der Waals surface area contributed by atoms with E-state index in [0.717, 1.165) is 25.5 Å². The summed E-state index contributed by atoms with van der Waals surface area (Å²) in [6.45, 7) is 4.81. The molecule has 1 unspecified atom stereocenters. The third kappa shape index (κ3) is 4.04. The summed E-state index contributed by atoms with van der Waals surface area (Å²) in [6.07, 6.45) is -2.52. The highest BCUT2D eigenvalue weighted by molar-refractivity contribution is 5.27. The zero-order valence-electron chi connectivity index (χ0n) is 10.1. The summed E-state index contributed by atoms with van der Waals surface area (Å²) in [5.41, 5.74) is 0.127. The third-order valence-electron chi connectivity index (χ3n) is 2.67. The molecule has 4 heteroatoms. The second kappa shape index (κ2) is 6.05. The first-order valence-corrected chi connectivity index (χ1v) is 5.89. The van der Waals surface area contributed by atoms with Gasteiger partial charge in [0.05, 0.1) is 5.56 Å². The Balaban J connectivity index is 2.89. The Morgan fingerprint density at radius 1 is 1.24 bits per heavy atom. The molecule has 0 amide bonds. The van der Waals surface area contributed by atoms with Gasteiger partial charge in [-0.2, -0.15) is 13.2 Å². The number of alkyl halides is 3. The minimum atomic E-state index is -4.26. The maximum absolute atomic E-state index is 12.6. The fourth-order valence-electron chi connectivity index (χ4n) is 1.75. The Kier molecular flexibility index (Phi) is 5.00. The average Bonchev–Trinajstić information content (AvgIpc) is 2.29. The highest BCUT2D eigenvalue weighted by Crippen LogP contribution is 2.31. The minimum absolute atomic E-state index is 0.00255. The van der Waals surface area contributed by atoms with Crippen molar-refractivity contribution in [3.63, 3.8) is 0 Å². The van der Waals surface area contributed by atoms with E-state index in [4.69, 9.17) is 0 Å². The van der Waals surface area contributed by atoms with Gasteiger partial charge in [0.1, 0.15) is 0 Å². The number of hydrogen-bond acceptors (Lipinski definition) is 1. The molecule has 0 spiro atoms. The van der Waals surface area contributed by atoms with Gasteiger partial charge in [0.25, 0.3) is 0 Å². The summed E-state index contributed by atoms with van der Waals surface area (Å²) in [6, 6.07) is 5.55. The van der Waals surface area contributed by atoms with Gasteiger partial charge in [-0.25, -0.2) is 0 Å². The van der Waals surface area contributed by atoms with Crippen molar-refractivity contribution in [2.45, 2.75) is 38.9 Å². The topological polar surface area (TPSA) is 12.0 Å². The summed E-state index contributed by atoms with van der Waals surface area (Å²) in [5, 5.41) is 3.25. The van der Waals surface area contributed by atoms with Crippen molar-refractivity contribution in [1.29, 1.82) is 0 Å². The Labute approximate surface area is 100 Å². The molecule has 0 aliphatic heterocycles. The van der Waals surface area contributed by atoms with E-state index in [0.29, 0.717) is 5.56 Å². The number of nitrogens with one attached hydrogen (secondary N) is 1. The molecule has 0 fully saturated rings. The number of benzene rings is 1. The van der Waals surface area contributed by atoms with Gasteiger partial charge in [0, 0.05) is 6.04 Å². The zero-order chi connectivity index (χ0) is 12.9. The van der Waals surface area contributed by atoms with E-state index < -0.39 is 11.7 Å². The zero-order valence-corrected chi connectivity index (χ0v) is 10.1. The summed E-state index contributed by atoms with van der Waals surface area (Å²) < 4.78 is 37.7. The molecule has 0 saturated carbocycles. The first-order valence-electron chi connectivity index (χ1n) is 5.89. The Morgan fingerprint density at radius 2 is 1.94 bits per heavy atom. The standard InChI is InChI=1S/C13H18F3N/c1-3-8-17-12(4-2)10-6-5-7-11(9-10)13(14,15)16/h5-7,9,12,17H,3-4,8H2,1-2H3. The lowest BCUT2D eigenvalue weighted by atomic mass is 10.0. The number of halogens is 3.